The fourth-order valence-corrected chi connectivity index (χ4v) is 3.34. The van der Waals surface area contributed by atoms with E-state index in [9.17, 15) is 4.79 Å². The number of aromatic nitrogens is 4. The maximum Gasteiger partial charge on any atom is 0.261 e. The first kappa shape index (κ1) is 15.4. The molecule has 0 fully saturated rings. The van der Waals surface area contributed by atoms with E-state index < -0.39 is 0 Å². The number of hydrogen-bond donors (Lipinski definition) is 1. The third kappa shape index (κ3) is 3.11. The largest absolute Gasteiger partial charge is 0.271 e. The molecule has 0 atom stereocenters. The number of amides is 1. The van der Waals surface area contributed by atoms with Crippen molar-refractivity contribution < 1.29 is 4.79 Å². The summed E-state index contributed by atoms with van der Waals surface area (Å²) in [4.78, 5) is 16.7. The third-order valence-electron chi connectivity index (χ3n) is 3.67. The summed E-state index contributed by atoms with van der Waals surface area (Å²) >= 11 is 1.54. The molecule has 0 radical (unpaired) electrons. The number of thiazole rings is 1. The zero-order chi connectivity index (χ0) is 17.2. The molecule has 25 heavy (non-hydrogen) atoms. The van der Waals surface area contributed by atoms with Crippen molar-refractivity contribution in [3.63, 3.8) is 0 Å². The molecule has 2 heterocycles. The average Bonchev–Trinajstić information content (AvgIpc) is 3.24. The quantitative estimate of drug-likeness (QED) is 0.453. The first-order valence-corrected chi connectivity index (χ1v) is 8.49. The van der Waals surface area contributed by atoms with Gasteiger partial charge in [0.25, 0.3) is 5.91 Å². The van der Waals surface area contributed by atoms with Gasteiger partial charge in [-0.3, -0.25) is 4.79 Å². The Balaban J connectivity index is 1.47. The first-order valence-electron chi connectivity index (χ1n) is 7.68. The number of nitrogens with one attached hydrogen (secondary N) is 1. The molecule has 4 rings (SSSR count). The van der Waals surface area contributed by atoms with Crippen molar-refractivity contribution in [3.05, 3.63) is 53.5 Å². The molecule has 0 aliphatic carbocycles. The van der Waals surface area contributed by atoms with Gasteiger partial charge in [0.05, 0.1) is 21.4 Å². The molecule has 0 saturated carbocycles. The number of benzene rings is 2. The van der Waals surface area contributed by atoms with Crippen molar-refractivity contribution in [2.24, 2.45) is 5.10 Å². The molecule has 0 saturated heterocycles. The molecule has 8 heteroatoms. The summed E-state index contributed by atoms with van der Waals surface area (Å²) in [5, 5.41) is 13.0. The second-order valence-electron chi connectivity index (χ2n) is 5.45. The number of hydrogen-bond acceptors (Lipinski definition) is 6. The van der Waals surface area contributed by atoms with Gasteiger partial charge in [-0.1, -0.05) is 29.5 Å². The van der Waals surface area contributed by atoms with Gasteiger partial charge in [0.1, 0.15) is 17.1 Å². The van der Waals surface area contributed by atoms with Crippen LogP contribution in [0.5, 0.6) is 0 Å². The maximum absolute atomic E-state index is 12.1. The second kappa shape index (κ2) is 6.40. The molecule has 0 aliphatic heterocycles. The minimum atomic E-state index is -0.267. The van der Waals surface area contributed by atoms with E-state index in [1.165, 1.54) is 0 Å². The van der Waals surface area contributed by atoms with E-state index in [0.29, 0.717) is 5.71 Å². The Morgan fingerprint density at radius 3 is 2.76 bits per heavy atom. The van der Waals surface area contributed by atoms with Crippen molar-refractivity contribution in [2.45, 2.75) is 13.5 Å². The Morgan fingerprint density at radius 1 is 1.16 bits per heavy atom. The molecule has 0 spiro atoms. The fourth-order valence-electron chi connectivity index (χ4n) is 2.43. The fraction of sp³-hybridized carbons (Fsp3) is 0.118. The smallest absolute Gasteiger partial charge is 0.261 e. The Hall–Kier alpha value is -3.13. The normalized spacial score (nSPS) is 12.0. The molecule has 7 nitrogen and oxygen atoms in total. The van der Waals surface area contributed by atoms with Gasteiger partial charge in [0.2, 0.25) is 0 Å². The van der Waals surface area contributed by atoms with Crippen molar-refractivity contribution in [1.82, 2.24) is 25.4 Å². The number of hydrazone groups is 1. The van der Waals surface area contributed by atoms with Crippen LogP contribution in [0.4, 0.5) is 0 Å². The lowest BCUT2D eigenvalue weighted by atomic mass is 10.3. The van der Waals surface area contributed by atoms with Gasteiger partial charge in [-0.2, -0.15) is 5.10 Å². The number of nitrogens with zero attached hydrogens (tertiary/aromatic N) is 5. The second-order valence-corrected chi connectivity index (χ2v) is 6.49. The third-order valence-corrected chi connectivity index (χ3v) is 4.81. The lowest BCUT2D eigenvalue weighted by Crippen LogP contribution is -2.24. The number of carbonyl (C=O) groups is 1. The van der Waals surface area contributed by atoms with Gasteiger partial charge >= 0.3 is 0 Å². The zero-order valence-electron chi connectivity index (χ0n) is 13.4. The van der Waals surface area contributed by atoms with Crippen LogP contribution in [-0.2, 0) is 11.3 Å². The molecule has 2 aromatic heterocycles. The summed E-state index contributed by atoms with van der Waals surface area (Å²) in [6.07, 6.45) is 0. The van der Waals surface area contributed by atoms with Crippen LogP contribution in [0.1, 0.15) is 11.9 Å². The molecule has 1 amide bonds. The van der Waals surface area contributed by atoms with Crippen molar-refractivity contribution in [2.75, 3.05) is 0 Å². The van der Waals surface area contributed by atoms with Gasteiger partial charge in [-0.05, 0) is 31.2 Å². The zero-order valence-corrected chi connectivity index (χ0v) is 14.2. The van der Waals surface area contributed by atoms with Gasteiger partial charge in [-0.15, -0.1) is 16.4 Å². The Bertz CT molecular complexity index is 1060. The van der Waals surface area contributed by atoms with Crippen LogP contribution in [0, 0.1) is 0 Å². The highest BCUT2D eigenvalue weighted by Crippen LogP contribution is 2.21. The molecule has 0 bridgehead atoms. The van der Waals surface area contributed by atoms with Crippen LogP contribution in [-0.4, -0.2) is 31.6 Å². The molecule has 1 N–H and O–H groups in total. The van der Waals surface area contributed by atoms with E-state index in [0.717, 1.165) is 26.3 Å². The van der Waals surface area contributed by atoms with E-state index in [1.54, 1.807) is 16.0 Å². The van der Waals surface area contributed by atoms with E-state index in [-0.39, 0.29) is 12.5 Å². The molecule has 124 valence electrons. The van der Waals surface area contributed by atoms with Gasteiger partial charge < -0.3 is 0 Å². The topological polar surface area (TPSA) is 85.1 Å². The summed E-state index contributed by atoms with van der Waals surface area (Å²) in [5.41, 5.74) is 5.71. The van der Waals surface area contributed by atoms with Crippen molar-refractivity contribution >= 4 is 44.2 Å². The lowest BCUT2D eigenvalue weighted by molar-refractivity contribution is -0.121. The Labute approximate surface area is 147 Å². The van der Waals surface area contributed by atoms with Crippen molar-refractivity contribution in [1.29, 1.82) is 0 Å². The molecular weight excluding hydrogens is 336 g/mol. The monoisotopic (exact) mass is 350 g/mol. The summed E-state index contributed by atoms with van der Waals surface area (Å²) in [6, 6.07) is 15.4. The summed E-state index contributed by atoms with van der Waals surface area (Å²) in [7, 11) is 0. The Morgan fingerprint density at radius 2 is 1.92 bits per heavy atom. The van der Waals surface area contributed by atoms with E-state index in [1.807, 2.05) is 55.5 Å². The first-order chi connectivity index (χ1) is 12.2. The van der Waals surface area contributed by atoms with Crippen LogP contribution < -0.4 is 5.43 Å². The van der Waals surface area contributed by atoms with Crippen LogP contribution >= 0.6 is 11.3 Å². The predicted molar refractivity (Wildman–Crippen MR) is 97.5 cm³/mol. The standard InChI is InChI=1S/C17H14N6OS/c1-11(17-18-13-7-3-5-9-15(13)25-17)19-21-16(24)10-23-14-8-4-2-6-12(14)20-22-23/h2-9H,10H2,1H3,(H,21,24)/b19-11-. The molecule has 0 aliphatic rings. The van der Waals surface area contributed by atoms with Gasteiger partial charge in [-0.25, -0.2) is 15.1 Å². The average molecular weight is 350 g/mol. The van der Waals surface area contributed by atoms with Crippen LogP contribution in [0.2, 0.25) is 0 Å². The van der Waals surface area contributed by atoms with Gasteiger partial charge in [0.15, 0.2) is 0 Å². The number of fused-ring (bicyclic) bond motifs is 2. The van der Waals surface area contributed by atoms with E-state index >= 15 is 0 Å². The van der Waals surface area contributed by atoms with Crippen LogP contribution in [0.15, 0.2) is 53.6 Å². The van der Waals surface area contributed by atoms with Crippen LogP contribution in [0.3, 0.4) is 0 Å². The molecule has 4 aromatic rings. The maximum atomic E-state index is 12.1. The van der Waals surface area contributed by atoms with E-state index in [2.05, 4.69) is 25.8 Å². The predicted octanol–water partition coefficient (Wildman–Crippen LogP) is 2.58. The highest BCUT2D eigenvalue weighted by molar-refractivity contribution is 7.20. The highest BCUT2D eigenvalue weighted by atomic mass is 32.1. The van der Waals surface area contributed by atoms with Gasteiger partial charge in [0, 0.05) is 0 Å². The summed E-state index contributed by atoms with van der Waals surface area (Å²) in [5.74, 6) is -0.267. The molecule has 2 aromatic carbocycles. The van der Waals surface area contributed by atoms with Crippen molar-refractivity contribution in [3.8, 4) is 0 Å². The minimum absolute atomic E-state index is 0.0527. The number of carbonyl (C=O) groups excluding carboxylic acids is 1. The minimum Gasteiger partial charge on any atom is -0.271 e. The summed E-state index contributed by atoms with van der Waals surface area (Å²) < 4.78 is 2.64. The summed E-state index contributed by atoms with van der Waals surface area (Å²) in [6.45, 7) is 1.87. The molecule has 0 unspecified atom stereocenters. The number of rotatable bonds is 4. The molecular formula is C17H14N6OS. The number of para-hydroxylation sites is 2. The van der Waals surface area contributed by atoms with Crippen LogP contribution in [0.25, 0.3) is 21.3 Å². The lowest BCUT2D eigenvalue weighted by Gasteiger charge is -2.02. The Kier molecular flexibility index (Phi) is 3.95. The van der Waals surface area contributed by atoms with E-state index in [4.69, 9.17) is 0 Å². The highest BCUT2D eigenvalue weighted by Gasteiger charge is 2.09. The SMILES string of the molecule is C/C(=N/NC(=O)Cn1nnc2ccccc21)c1nc2ccccc2s1.